The van der Waals surface area contributed by atoms with Gasteiger partial charge in [-0.25, -0.2) is 0 Å². The normalized spacial score (nSPS) is 16.9. The van der Waals surface area contributed by atoms with E-state index in [0.29, 0.717) is 6.04 Å². The highest BCUT2D eigenvalue weighted by Gasteiger charge is 2.20. The average Bonchev–Trinajstić information content (AvgIpc) is 3.10. The number of carbonyl (C=O) groups excluding carboxylic acids is 1. The van der Waals surface area contributed by atoms with Crippen LogP contribution in [0.5, 0.6) is 0 Å². The molecule has 2 aromatic heterocycles. The van der Waals surface area contributed by atoms with Gasteiger partial charge >= 0.3 is 0 Å². The molecule has 0 spiro atoms. The van der Waals surface area contributed by atoms with Gasteiger partial charge in [-0.2, -0.15) is 11.3 Å². The lowest BCUT2D eigenvalue weighted by atomic mass is 10.1. The third-order valence-electron chi connectivity index (χ3n) is 3.50. The SMILES string of the molecule is O=C(c1ccsc1)c1cccn1C1CCNCC1. The van der Waals surface area contributed by atoms with Crippen molar-refractivity contribution in [1.29, 1.82) is 0 Å². The molecule has 1 saturated heterocycles. The molecular weight excluding hydrogens is 244 g/mol. The van der Waals surface area contributed by atoms with Gasteiger partial charge in [-0.3, -0.25) is 4.79 Å². The van der Waals surface area contributed by atoms with Gasteiger partial charge in [0, 0.05) is 23.2 Å². The molecule has 0 radical (unpaired) electrons. The third-order valence-corrected chi connectivity index (χ3v) is 4.18. The number of thiophene rings is 1. The molecule has 3 heterocycles. The van der Waals surface area contributed by atoms with Gasteiger partial charge < -0.3 is 9.88 Å². The molecule has 3 rings (SSSR count). The molecule has 94 valence electrons. The summed E-state index contributed by atoms with van der Waals surface area (Å²) in [7, 11) is 0. The number of hydrogen-bond acceptors (Lipinski definition) is 3. The van der Waals surface area contributed by atoms with E-state index < -0.39 is 0 Å². The van der Waals surface area contributed by atoms with E-state index in [-0.39, 0.29) is 5.78 Å². The maximum Gasteiger partial charge on any atom is 0.210 e. The van der Waals surface area contributed by atoms with Crippen molar-refractivity contribution in [2.24, 2.45) is 0 Å². The number of aromatic nitrogens is 1. The standard InChI is InChI=1S/C14H16N2OS/c17-14(11-5-9-18-10-11)13-2-1-8-16(13)12-3-6-15-7-4-12/h1-2,5,8-10,12,15H,3-4,6-7H2. The largest absolute Gasteiger partial charge is 0.342 e. The van der Waals surface area contributed by atoms with Crippen LogP contribution in [0, 0.1) is 0 Å². The summed E-state index contributed by atoms with van der Waals surface area (Å²) < 4.78 is 2.15. The van der Waals surface area contributed by atoms with Gasteiger partial charge in [0.1, 0.15) is 0 Å². The van der Waals surface area contributed by atoms with Crippen molar-refractivity contribution < 1.29 is 4.79 Å². The second-order valence-electron chi connectivity index (χ2n) is 4.62. The summed E-state index contributed by atoms with van der Waals surface area (Å²) in [4.78, 5) is 12.4. The molecule has 4 heteroatoms. The minimum absolute atomic E-state index is 0.139. The van der Waals surface area contributed by atoms with Crippen molar-refractivity contribution in [2.45, 2.75) is 18.9 Å². The Morgan fingerprint density at radius 3 is 2.89 bits per heavy atom. The van der Waals surface area contributed by atoms with Crippen molar-refractivity contribution >= 4 is 17.1 Å². The van der Waals surface area contributed by atoms with E-state index in [2.05, 4.69) is 9.88 Å². The number of nitrogens with zero attached hydrogens (tertiary/aromatic N) is 1. The minimum atomic E-state index is 0.139. The smallest absolute Gasteiger partial charge is 0.210 e. The average molecular weight is 260 g/mol. The summed E-state index contributed by atoms with van der Waals surface area (Å²) in [6.07, 6.45) is 4.23. The summed E-state index contributed by atoms with van der Waals surface area (Å²) >= 11 is 1.57. The van der Waals surface area contributed by atoms with Crippen LogP contribution < -0.4 is 5.32 Å². The topological polar surface area (TPSA) is 34.0 Å². The number of piperidine rings is 1. The molecule has 0 aromatic carbocycles. The van der Waals surface area contributed by atoms with Crippen molar-refractivity contribution in [3.8, 4) is 0 Å². The number of hydrogen-bond donors (Lipinski definition) is 1. The Kier molecular flexibility index (Phi) is 3.30. The predicted octanol–water partition coefficient (Wildman–Crippen LogP) is 2.71. The predicted molar refractivity (Wildman–Crippen MR) is 73.3 cm³/mol. The quantitative estimate of drug-likeness (QED) is 0.861. The molecule has 0 saturated carbocycles. The van der Waals surface area contributed by atoms with Crippen molar-refractivity contribution in [1.82, 2.24) is 9.88 Å². The van der Waals surface area contributed by atoms with E-state index >= 15 is 0 Å². The Bertz CT molecular complexity index is 524. The number of nitrogens with one attached hydrogen (secondary N) is 1. The fourth-order valence-electron chi connectivity index (χ4n) is 2.53. The molecule has 2 aromatic rings. The zero-order valence-electron chi connectivity index (χ0n) is 10.1. The van der Waals surface area contributed by atoms with Crippen LogP contribution in [-0.2, 0) is 0 Å². The van der Waals surface area contributed by atoms with Crippen LogP contribution >= 0.6 is 11.3 Å². The van der Waals surface area contributed by atoms with E-state index in [0.717, 1.165) is 37.2 Å². The zero-order valence-corrected chi connectivity index (χ0v) is 11.0. The number of rotatable bonds is 3. The summed E-state index contributed by atoms with van der Waals surface area (Å²) in [5.41, 5.74) is 1.62. The summed E-state index contributed by atoms with van der Waals surface area (Å²) in [5.74, 6) is 0.139. The molecule has 0 atom stereocenters. The Labute approximate surface area is 110 Å². The Hall–Kier alpha value is -1.39. The second kappa shape index (κ2) is 5.08. The van der Waals surface area contributed by atoms with Gasteiger partial charge in [0.15, 0.2) is 0 Å². The maximum atomic E-state index is 12.4. The van der Waals surface area contributed by atoms with Crippen LogP contribution in [0.25, 0.3) is 0 Å². The first-order chi connectivity index (χ1) is 8.86. The van der Waals surface area contributed by atoms with E-state index in [1.165, 1.54) is 0 Å². The molecule has 0 bridgehead atoms. The molecule has 0 amide bonds. The summed E-state index contributed by atoms with van der Waals surface area (Å²) in [5, 5.41) is 7.22. The molecule has 1 N–H and O–H groups in total. The van der Waals surface area contributed by atoms with Crippen LogP contribution in [0.1, 0.15) is 34.9 Å². The van der Waals surface area contributed by atoms with Crippen LogP contribution in [0.3, 0.4) is 0 Å². The lowest BCUT2D eigenvalue weighted by Crippen LogP contribution is -2.30. The Morgan fingerprint density at radius 2 is 2.17 bits per heavy atom. The maximum absolute atomic E-state index is 12.4. The molecule has 1 aliphatic rings. The molecule has 0 unspecified atom stereocenters. The highest BCUT2D eigenvalue weighted by atomic mass is 32.1. The van der Waals surface area contributed by atoms with Gasteiger partial charge in [-0.05, 0) is 49.5 Å². The molecule has 1 fully saturated rings. The van der Waals surface area contributed by atoms with Crippen LogP contribution in [0.4, 0.5) is 0 Å². The van der Waals surface area contributed by atoms with E-state index in [1.807, 2.05) is 35.2 Å². The molecule has 0 aliphatic carbocycles. The van der Waals surface area contributed by atoms with Crippen LogP contribution in [0.2, 0.25) is 0 Å². The molecular formula is C14H16N2OS. The van der Waals surface area contributed by atoms with E-state index in [4.69, 9.17) is 0 Å². The van der Waals surface area contributed by atoms with Gasteiger partial charge in [-0.15, -0.1) is 0 Å². The van der Waals surface area contributed by atoms with Crippen molar-refractivity contribution in [2.75, 3.05) is 13.1 Å². The fourth-order valence-corrected chi connectivity index (χ4v) is 3.17. The van der Waals surface area contributed by atoms with Gasteiger partial charge in [0.05, 0.1) is 5.69 Å². The van der Waals surface area contributed by atoms with Gasteiger partial charge in [0.25, 0.3) is 0 Å². The molecule has 3 nitrogen and oxygen atoms in total. The summed E-state index contributed by atoms with van der Waals surface area (Å²) in [6.45, 7) is 2.07. The van der Waals surface area contributed by atoms with Crippen molar-refractivity contribution in [3.05, 3.63) is 46.4 Å². The lowest BCUT2D eigenvalue weighted by Gasteiger charge is -2.25. The highest BCUT2D eigenvalue weighted by Crippen LogP contribution is 2.23. The second-order valence-corrected chi connectivity index (χ2v) is 5.40. The Morgan fingerprint density at radius 1 is 1.33 bits per heavy atom. The minimum Gasteiger partial charge on any atom is -0.342 e. The number of ketones is 1. The number of carbonyl (C=O) groups is 1. The zero-order chi connectivity index (χ0) is 12.4. The first-order valence-electron chi connectivity index (χ1n) is 6.31. The molecule has 18 heavy (non-hydrogen) atoms. The van der Waals surface area contributed by atoms with Crippen LogP contribution in [0.15, 0.2) is 35.2 Å². The lowest BCUT2D eigenvalue weighted by molar-refractivity contribution is 0.102. The van der Waals surface area contributed by atoms with E-state index in [1.54, 1.807) is 11.3 Å². The van der Waals surface area contributed by atoms with Crippen LogP contribution in [-0.4, -0.2) is 23.4 Å². The van der Waals surface area contributed by atoms with E-state index in [9.17, 15) is 4.79 Å². The third kappa shape index (κ3) is 2.13. The Balaban J connectivity index is 1.89. The van der Waals surface area contributed by atoms with Gasteiger partial charge in [0.2, 0.25) is 5.78 Å². The first kappa shape index (κ1) is 11.7. The fraction of sp³-hybridized carbons (Fsp3) is 0.357. The highest BCUT2D eigenvalue weighted by molar-refractivity contribution is 7.08. The summed E-state index contributed by atoms with van der Waals surface area (Å²) in [6, 6.07) is 6.26. The van der Waals surface area contributed by atoms with Crippen molar-refractivity contribution in [3.63, 3.8) is 0 Å². The molecule has 1 aliphatic heterocycles. The first-order valence-corrected chi connectivity index (χ1v) is 7.25. The monoisotopic (exact) mass is 260 g/mol. The van der Waals surface area contributed by atoms with Gasteiger partial charge in [-0.1, -0.05) is 0 Å².